The summed E-state index contributed by atoms with van der Waals surface area (Å²) in [5, 5.41) is 11.5. The van der Waals surface area contributed by atoms with Gasteiger partial charge in [-0.2, -0.15) is 13.2 Å². The van der Waals surface area contributed by atoms with Crippen LogP contribution in [0.1, 0.15) is 22.3 Å². The summed E-state index contributed by atoms with van der Waals surface area (Å²) >= 11 is 0. The molecule has 12 heteroatoms. The molecule has 0 radical (unpaired) electrons. The molecular weight excluding hydrogens is 588 g/mol. The van der Waals surface area contributed by atoms with E-state index < -0.39 is 45.5 Å². The van der Waals surface area contributed by atoms with E-state index in [2.05, 4.69) is 5.32 Å². The highest BCUT2D eigenvalue weighted by Crippen LogP contribution is 2.38. The second kappa shape index (κ2) is 11.5. The molecule has 0 spiro atoms. The number of nitrogens with one attached hydrogen (secondary N) is 1. The predicted octanol–water partition coefficient (Wildman–Crippen LogP) is 5.58. The van der Waals surface area contributed by atoms with E-state index in [9.17, 15) is 35.6 Å². The van der Waals surface area contributed by atoms with E-state index in [1.54, 1.807) is 24.3 Å². The van der Waals surface area contributed by atoms with Crippen LogP contribution >= 0.6 is 0 Å². The van der Waals surface area contributed by atoms with Gasteiger partial charge in [-0.1, -0.05) is 54.6 Å². The van der Waals surface area contributed by atoms with Crippen molar-refractivity contribution in [3.8, 4) is 11.1 Å². The summed E-state index contributed by atoms with van der Waals surface area (Å²) in [6.07, 6.45) is -4.84. The van der Waals surface area contributed by atoms with E-state index in [0.717, 1.165) is 22.5 Å². The van der Waals surface area contributed by atoms with Crippen molar-refractivity contribution in [3.63, 3.8) is 0 Å². The van der Waals surface area contributed by atoms with Crippen LogP contribution in [0.5, 0.6) is 0 Å². The number of carbonyl (C=O) groups excluding carboxylic acids is 1. The highest BCUT2D eigenvalue weighted by Gasteiger charge is 2.42. The highest BCUT2D eigenvalue weighted by molar-refractivity contribution is 7.93. The first-order chi connectivity index (χ1) is 20.3. The van der Waals surface area contributed by atoms with Gasteiger partial charge in [0.1, 0.15) is 11.9 Å². The van der Waals surface area contributed by atoms with Crippen LogP contribution < -0.4 is 9.62 Å². The fourth-order valence-corrected chi connectivity index (χ4v) is 6.63. The highest BCUT2D eigenvalue weighted by atomic mass is 32.2. The first-order valence-electron chi connectivity index (χ1n) is 13.0. The standard InChI is InChI=1S/C31H24F4N2O5S/c32-26-14-19(15-29(38)39)8-9-23(26)18-36-30(40)28-17-22-4-1-2-7-27(22)37(28)43(41,42)25-12-10-20(11-13-25)21-5-3-6-24(16-21)31(33,34)35/h1-14,16,28H,15,17-18H2,(H,36,40)(H,38,39)/t28-/m0/s1. The number of fused-ring (bicyclic) bond motifs is 1. The molecule has 1 atom stereocenters. The van der Waals surface area contributed by atoms with Crippen molar-refractivity contribution in [1.82, 2.24) is 5.32 Å². The molecule has 0 aliphatic carbocycles. The molecule has 2 N–H and O–H groups in total. The number of carbonyl (C=O) groups is 2. The molecule has 43 heavy (non-hydrogen) atoms. The molecule has 1 amide bonds. The number of aliphatic carboxylic acids is 1. The zero-order chi connectivity index (χ0) is 30.9. The molecular formula is C31H24F4N2O5S. The Bertz CT molecular complexity index is 1810. The van der Waals surface area contributed by atoms with Crippen LogP contribution in [0.25, 0.3) is 11.1 Å². The summed E-state index contributed by atoms with van der Waals surface area (Å²) in [5.41, 5.74) is 1.05. The molecule has 1 heterocycles. The van der Waals surface area contributed by atoms with Gasteiger partial charge in [0.25, 0.3) is 10.0 Å². The van der Waals surface area contributed by atoms with E-state index in [0.29, 0.717) is 16.8 Å². The lowest BCUT2D eigenvalue weighted by atomic mass is 10.0. The van der Waals surface area contributed by atoms with Gasteiger partial charge in [-0.05, 0) is 58.7 Å². The van der Waals surface area contributed by atoms with E-state index in [1.807, 2.05) is 0 Å². The number of anilines is 1. The summed E-state index contributed by atoms with van der Waals surface area (Å²) in [5.74, 6) is -2.50. The van der Waals surface area contributed by atoms with Gasteiger partial charge in [-0.25, -0.2) is 12.8 Å². The molecule has 222 valence electrons. The Morgan fingerprint density at radius 3 is 2.30 bits per heavy atom. The Labute approximate surface area is 244 Å². The third-order valence-corrected chi connectivity index (χ3v) is 8.93. The Morgan fingerprint density at radius 2 is 1.63 bits per heavy atom. The Hall–Kier alpha value is -4.71. The second-order valence-electron chi connectivity index (χ2n) is 9.97. The minimum Gasteiger partial charge on any atom is -0.481 e. The summed E-state index contributed by atoms with van der Waals surface area (Å²) in [6.45, 7) is -0.259. The van der Waals surface area contributed by atoms with Gasteiger partial charge in [0.15, 0.2) is 0 Å². The van der Waals surface area contributed by atoms with Gasteiger partial charge < -0.3 is 10.4 Å². The van der Waals surface area contributed by atoms with Gasteiger partial charge in [-0.3, -0.25) is 13.9 Å². The zero-order valence-corrected chi connectivity index (χ0v) is 23.1. The summed E-state index contributed by atoms with van der Waals surface area (Å²) in [4.78, 5) is 24.1. The molecule has 0 saturated carbocycles. The third kappa shape index (κ3) is 6.24. The van der Waals surface area contributed by atoms with Crippen LogP contribution in [0.3, 0.4) is 0 Å². The third-order valence-electron chi connectivity index (χ3n) is 7.09. The van der Waals surface area contributed by atoms with Gasteiger partial charge in [0, 0.05) is 18.5 Å². The minimum absolute atomic E-state index is 0.0591. The van der Waals surface area contributed by atoms with Crippen molar-refractivity contribution in [2.45, 2.75) is 36.5 Å². The van der Waals surface area contributed by atoms with Crippen LogP contribution in [0.15, 0.2) is 95.9 Å². The number of sulfonamides is 1. The van der Waals surface area contributed by atoms with Crippen LogP contribution in [0.4, 0.5) is 23.2 Å². The molecule has 0 bridgehead atoms. The summed E-state index contributed by atoms with van der Waals surface area (Å²) in [7, 11) is -4.32. The fraction of sp³-hybridized carbons (Fsp3) is 0.161. The lowest BCUT2D eigenvalue weighted by Gasteiger charge is -2.26. The molecule has 5 rings (SSSR count). The molecule has 4 aromatic rings. The van der Waals surface area contributed by atoms with Crippen LogP contribution in [0.2, 0.25) is 0 Å². The second-order valence-corrected chi connectivity index (χ2v) is 11.8. The average Bonchev–Trinajstić information content (AvgIpc) is 3.37. The summed E-state index contributed by atoms with van der Waals surface area (Å²) < 4.78 is 82.9. The normalized spacial score (nSPS) is 14.8. The predicted molar refractivity (Wildman–Crippen MR) is 150 cm³/mol. The number of benzene rings is 4. The molecule has 0 unspecified atom stereocenters. The van der Waals surface area contributed by atoms with E-state index in [1.165, 1.54) is 48.5 Å². The number of hydrogen-bond acceptors (Lipinski definition) is 4. The van der Waals surface area contributed by atoms with Crippen LogP contribution in [-0.4, -0.2) is 31.4 Å². The molecule has 0 aromatic heterocycles. The number of alkyl halides is 3. The van der Waals surface area contributed by atoms with Crippen molar-refractivity contribution in [2.24, 2.45) is 0 Å². The van der Waals surface area contributed by atoms with E-state index >= 15 is 0 Å². The molecule has 0 saturated heterocycles. The molecule has 4 aromatic carbocycles. The van der Waals surface area contributed by atoms with Crippen molar-refractivity contribution in [3.05, 3.63) is 119 Å². The topological polar surface area (TPSA) is 104 Å². The van der Waals surface area contributed by atoms with Gasteiger partial charge in [0.2, 0.25) is 5.91 Å². The first kappa shape index (κ1) is 29.8. The average molecular weight is 613 g/mol. The number of para-hydroxylation sites is 1. The SMILES string of the molecule is O=C(O)Cc1ccc(CNC(=O)[C@@H]2Cc3ccccc3N2S(=O)(=O)c2ccc(-c3cccc(C(F)(F)F)c3)cc2)c(F)c1. The Morgan fingerprint density at radius 1 is 0.907 bits per heavy atom. The zero-order valence-electron chi connectivity index (χ0n) is 22.3. The number of nitrogens with zero attached hydrogens (tertiary/aromatic N) is 1. The van der Waals surface area contributed by atoms with E-state index in [4.69, 9.17) is 5.11 Å². The smallest absolute Gasteiger partial charge is 0.416 e. The maximum Gasteiger partial charge on any atom is 0.416 e. The van der Waals surface area contributed by atoms with Crippen molar-refractivity contribution < 1.29 is 40.7 Å². The number of carboxylic acids is 1. The van der Waals surface area contributed by atoms with Gasteiger partial charge in [0.05, 0.1) is 22.6 Å². The molecule has 0 fully saturated rings. The summed E-state index contributed by atoms with van der Waals surface area (Å²) in [6, 6.07) is 19.3. The monoisotopic (exact) mass is 612 g/mol. The number of amides is 1. The Kier molecular flexibility index (Phi) is 7.98. The number of halogens is 4. The number of rotatable bonds is 8. The molecule has 1 aliphatic rings. The van der Waals surface area contributed by atoms with Crippen LogP contribution in [-0.2, 0) is 45.2 Å². The number of hydrogen-bond donors (Lipinski definition) is 2. The van der Waals surface area contributed by atoms with Gasteiger partial charge >= 0.3 is 12.1 Å². The lowest BCUT2D eigenvalue weighted by molar-refractivity contribution is -0.138. The largest absolute Gasteiger partial charge is 0.481 e. The van der Waals surface area contributed by atoms with E-state index in [-0.39, 0.29) is 41.0 Å². The van der Waals surface area contributed by atoms with Gasteiger partial charge in [-0.15, -0.1) is 0 Å². The van der Waals surface area contributed by atoms with Crippen molar-refractivity contribution in [1.29, 1.82) is 0 Å². The lowest BCUT2D eigenvalue weighted by Crippen LogP contribution is -2.47. The fourth-order valence-electron chi connectivity index (χ4n) is 4.98. The molecule has 7 nitrogen and oxygen atoms in total. The van der Waals surface area contributed by atoms with Crippen LogP contribution in [0, 0.1) is 5.82 Å². The van der Waals surface area contributed by atoms with Crippen molar-refractivity contribution >= 4 is 27.6 Å². The first-order valence-corrected chi connectivity index (χ1v) is 14.5. The minimum atomic E-state index is -4.53. The number of carboxylic acid groups (broad SMARTS) is 1. The van der Waals surface area contributed by atoms with Crippen molar-refractivity contribution in [2.75, 3.05) is 4.31 Å². The maximum atomic E-state index is 14.6. The Balaban J connectivity index is 1.39. The molecule has 1 aliphatic heterocycles. The maximum absolute atomic E-state index is 14.6. The quantitative estimate of drug-likeness (QED) is 0.253.